The fraction of sp³-hybridized carbons (Fsp3) is 0.438. The lowest BCUT2D eigenvalue weighted by molar-refractivity contribution is -0.308. The number of fused-ring (bicyclic) bond motifs is 3. The monoisotopic (exact) mass is 657 g/mol. The lowest BCUT2D eigenvalue weighted by Crippen LogP contribution is -2.63. The van der Waals surface area contributed by atoms with Crippen molar-refractivity contribution in [2.75, 3.05) is 19.8 Å². The largest absolute Gasteiger partial charge is 0.480 e. The van der Waals surface area contributed by atoms with Crippen molar-refractivity contribution < 1.29 is 67.0 Å². The van der Waals surface area contributed by atoms with E-state index in [1.165, 1.54) is 0 Å². The Balaban J connectivity index is 1.48. The van der Waals surface area contributed by atoms with E-state index in [0.717, 1.165) is 49.9 Å². The molecular weight excluding hydrogens is 622 g/mol. The number of carbonyl (C=O) groups excluding carboxylic acids is 5. The van der Waals surface area contributed by atoms with Crippen LogP contribution in [0.3, 0.4) is 0 Å². The summed E-state index contributed by atoms with van der Waals surface area (Å²) in [6.07, 6.45) is -8.49. The summed E-state index contributed by atoms with van der Waals surface area (Å²) in [5.74, 6) is -5.01. The summed E-state index contributed by atoms with van der Waals surface area (Å²) in [6, 6.07) is 13.7. The van der Waals surface area contributed by atoms with Crippen molar-refractivity contribution in [3.05, 3.63) is 59.7 Å². The number of esters is 4. The molecule has 1 fully saturated rings. The molecule has 1 saturated heterocycles. The number of hydrogen-bond donors (Lipinski definition) is 2. The Kier molecular flexibility index (Phi) is 11.5. The lowest BCUT2D eigenvalue weighted by atomic mass is 9.98. The van der Waals surface area contributed by atoms with Gasteiger partial charge in [-0.25, -0.2) is 9.59 Å². The SMILES string of the molecule is CC(=O)OCC1O[C@@H](OC[C@H](NC(=O)OCC2c3ccccc3-c3ccccc32)C(=O)O)[C@@H](OC(C)=O)[C@H](OC(C)=O)C1OC(C)=O. The zero-order valence-electron chi connectivity index (χ0n) is 26.0. The van der Waals surface area contributed by atoms with E-state index in [1.807, 2.05) is 48.5 Å². The number of nitrogens with one attached hydrogen (secondary N) is 1. The molecule has 15 heteroatoms. The van der Waals surface area contributed by atoms with Gasteiger partial charge in [0.15, 0.2) is 30.6 Å². The second-order valence-corrected chi connectivity index (χ2v) is 10.8. The van der Waals surface area contributed by atoms with Gasteiger partial charge in [0.05, 0.1) is 6.61 Å². The number of hydrogen-bond acceptors (Lipinski definition) is 13. The third-order valence-corrected chi connectivity index (χ3v) is 7.31. The average Bonchev–Trinajstić information content (AvgIpc) is 3.32. The Labute approximate surface area is 269 Å². The van der Waals surface area contributed by atoms with Crippen molar-refractivity contribution in [3.8, 4) is 11.1 Å². The molecule has 1 heterocycles. The van der Waals surface area contributed by atoms with Gasteiger partial charge in [-0.3, -0.25) is 19.2 Å². The average molecular weight is 658 g/mol. The highest BCUT2D eigenvalue weighted by molar-refractivity contribution is 5.81. The molecule has 2 N–H and O–H groups in total. The number of carboxylic acid groups (broad SMARTS) is 1. The molecule has 0 aromatic heterocycles. The highest BCUT2D eigenvalue weighted by Gasteiger charge is 2.53. The first-order valence-corrected chi connectivity index (χ1v) is 14.6. The maximum atomic E-state index is 12.8. The highest BCUT2D eigenvalue weighted by Crippen LogP contribution is 2.44. The highest BCUT2D eigenvalue weighted by atomic mass is 16.7. The number of ether oxygens (including phenoxy) is 7. The van der Waals surface area contributed by atoms with Crippen molar-refractivity contribution in [1.82, 2.24) is 5.32 Å². The first kappa shape index (κ1) is 34.8. The first-order valence-electron chi connectivity index (χ1n) is 14.6. The van der Waals surface area contributed by atoms with Gasteiger partial charge in [0.1, 0.15) is 19.3 Å². The van der Waals surface area contributed by atoms with Crippen LogP contribution in [0, 0.1) is 0 Å². The number of aliphatic carboxylic acids is 1. The maximum Gasteiger partial charge on any atom is 0.407 e. The second-order valence-electron chi connectivity index (χ2n) is 10.8. The van der Waals surface area contributed by atoms with Crippen LogP contribution in [0.15, 0.2) is 48.5 Å². The summed E-state index contributed by atoms with van der Waals surface area (Å²) in [7, 11) is 0. The minimum absolute atomic E-state index is 0.0766. The fourth-order valence-electron chi connectivity index (χ4n) is 5.47. The molecule has 0 spiro atoms. The van der Waals surface area contributed by atoms with E-state index >= 15 is 0 Å². The molecule has 15 nitrogen and oxygen atoms in total. The van der Waals surface area contributed by atoms with Crippen molar-refractivity contribution in [3.63, 3.8) is 0 Å². The van der Waals surface area contributed by atoms with Gasteiger partial charge in [-0.1, -0.05) is 48.5 Å². The second kappa shape index (κ2) is 15.5. The third kappa shape index (κ3) is 8.83. The van der Waals surface area contributed by atoms with Crippen LogP contribution in [0.5, 0.6) is 0 Å². The molecule has 2 aromatic rings. The van der Waals surface area contributed by atoms with Crippen LogP contribution < -0.4 is 5.32 Å². The predicted molar refractivity (Wildman–Crippen MR) is 158 cm³/mol. The van der Waals surface area contributed by atoms with Crippen molar-refractivity contribution in [2.45, 2.75) is 70.4 Å². The molecule has 0 saturated carbocycles. The van der Waals surface area contributed by atoms with Crippen LogP contribution in [0.4, 0.5) is 4.79 Å². The summed E-state index contributed by atoms with van der Waals surface area (Å²) >= 11 is 0. The van der Waals surface area contributed by atoms with Gasteiger partial charge >= 0.3 is 35.9 Å². The number of benzene rings is 2. The van der Waals surface area contributed by atoms with Gasteiger partial charge in [-0.2, -0.15) is 0 Å². The van der Waals surface area contributed by atoms with E-state index < -0.39 is 85.9 Å². The van der Waals surface area contributed by atoms with Gasteiger partial charge in [-0.15, -0.1) is 0 Å². The molecule has 47 heavy (non-hydrogen) atoms. The summed E-state index contributed by atoms with van der Waals surface area (Å²) in [5.41, 5.74) is 3.95. The molecule has 1 aliphatic heterocycles. The lowest BCUT2D eigenvalue weighted by Gasteiger charge is -2.44. The number of carbonyl (C=O) groups is 6. The van der Waals surface area contributed by atoms with Gasteiger partial charge in [0.2, 0.25) is 0 Å². The summed E-state index contributed by atoms with van der Waals surface area (Å²) in [5, 5.41) is 12.1. The van der Waals surface area contributed by atoms with Crippen LogP contribution in [0.2, 0.25) is 0 Å². The van der Waals surface area contributed by atoms with Crippen molar-refractivity contribution in [2.24, 2.45) is 0 Å². The van der Waals surface area contributed by atoms with Crippen LogP contribution >= 0.6 is 0 Å². The molecular formula is C32H35NO14. The Bertz CT molecular complexity index is 1460. The molecule has 0 bridgehead atoms. The van der Waals surface area contributed by atoms with Crippen LogP contribution in [-0.4, -0.2) is 97.6 Å². The summed E-state index contributed by atoms with van der Waals surface area (Å²) in [4.78, 5) is 72.4. The molecule has 2 unspecified atom stereocenters. The van der Waals surface area contributed by atoms with Gasteiger partial charge in [0, 0.05) is 33.6 Å². The number of carboxylic acids is 1. The molecule has 2 aliphatic rings. The van der Waals surface area contributed by atoms with Crippen molar-refractivity contribution in [1.29, 1.82) is 0 Å². The van der Waals surface area contributed by atoms with E-state index in [-0.39, 0.29) is 12.5 Å². The normalized spacial score (nSPS) is 22.1. The van der Waals surface area contributed by atoms with Crippen LogP contribution in [0.1, 0.15) is 44.7 Å². The van der Waals surface area contributed by atoms with Gasteiger partial charge < -0.3 is 43.6 Å². The van der Waals surface area contributed by atoms with Crippen LogP contribution in [-0.2, 0) is 57.1 Å². The van der Waals surface area contributed by atoms with Gasteiger partial charge in [-0.05, 0) is 22.3 Å². The molecule has 1 aliphatic carbocycles. The molecule has 0 radical (unpaired) electrons. The molecule has 252 valence electrons. The number of alkyl carbamates (subject to hydrolysis) is 1. The summed E-state index contributed by atoms with van der Waals surface area (Å²) < 4.78 is 37.9. The Morgan fingerprint density at radius 3 is 1.79 bits per heavy atom. The van der Waals surface area contributed by atoms with E-state index in [1.54, 1.807) is 0 Å². The zero-order chi connectivity index (χ0) is 34.2. The minimum atomic E-state index is -1.68. The zero-order valence-corrected chi connectivity index (χ0v) is 26.0. The predicted octanol–water partition coefficient (Wildman–Crippen LogP) is 2.08. The quantitative estimate of drug-likeness (QED) is 0.248. The number of rotatable bonds is 12. The maximum absolute atomic E-state index is 12.8. The van der Waals surface area contributed by atoms with E-state index in [4.69, 9.17) is 33.2 Å². The minimum Gasteiger partial charge on any atom is -0.480 e. The Morgan fingerprint density at radius 2 is 1.26 bits per heavy atom. The Morgan fingerprint density at radius 1 is 0.723 bits per heavy atom. The molecule has 6 atom stereocenters. The van der Waals surface area contributed by atoms with Crippen LogP contribution in [0.25, 0.3) is 11.1 Å². The Hall–Kier alpha value is -5.02. The topological polar surface area (TPSA) is 199 Å². The van der Waals surface area contributed by atoms with Gasteiger partial charge in [0.25, 0.3) is 0 Å². The third-order valence-electron chi connectivity index (χ3n) is 7.31. The van der Waals surface area contributed by atoms with E-state index in [0.29, 0.717) is 0 Å². The molecule has 4 rings (SSSR count). The molecule has 2 aromatic carbocycles. The molecule has 1 amide bonds. The standard InChI is InChI=1S/C32H35NO14/c1-16(34)41-15-26-27(44-17(2)35)28(45-18(3)36)29(46-19(4)37)31(47-26)42-14-25(30(38)39)33-32(40)43-13-24-22-11-7-5-9-20(22)21-10-6-8-12-23(21)24/h5-12,24-29,31H,13-15H2,1-4H3,(H,33,40)(H,38,39)/t25-,26?,27?,28+,29-,31+/m0/s1. The number of amides is 1. The van der Waals surface area contributed by atoms with E-state index in [9.17, 15) is 33.9 Å². The summed E-state index contributed by atoms with van der Waals surface area (Å²) in [6.45, 7) is 2.98. The van der Waals surface area contributed by atoms with Crippen molar-refractivity contribution >= 4 is 35.9 Å². The fourth-order valence-corrected chi connectivity index (χ4v) is 5.47. The smallest absolute Gasteiger partial charge is 0.407 e. The first-order chi connectivity index (χ1) is 22.3. The van der Waals surface area contributed by atoms with E-state index in [2.05, 4.69) is 5.32 Å².